The molecule has 0 spiro atoms. The highest BCUT2D eigenvalue weighted by Gasteiger charge is 2.39. The van der Waals surface area contributed by atoms with Crippen LogP contribution in [0.25, 0.3) is 0 Å². The van der Waals surface area contributed by atoms with Crippen molar-refractivity contribution in [2.45, 2.75) is 45.1 Å². The Kier molecular flexibility index (Phi) is 8.87. The van der Waals surface area contributed by atoms with E-state index in [1.165, 1.54) is 6.92 Å². The molecule has 7 nitrogen and oxygen atoms in total. The number of hydrogen-bond donors (Lipinski definition) is 3. The van der Waals surface area contributed by atoms with Gasteiger partial charge in [-0.3, -0.25) is 9.59 Å². The number of halogens is 1. The number of carbonyl (C=O) groups is 2. The largest absolute Gasteiger partial charge is 0.482 e. The van der Waals surface area contributed by atoms with Crippen molar-refractivity contribution in [1.29, 1.82) is 0 Å². The number of aryl methyl sites for hydroxylation is 1. The van der Waals surface area contributed by atoms with Gasteiger partial charge in [-0.05, 0) is 53.3 Å². The molecule has 2 aromatic rings. The smallest absolute Gasteiger partial charge is 0.247 e. The first-order chi connectivity index (χ1) is 15.8. The molecule has 0 bridgehead atoms. The van der Waals surface area contributed by atoms with Gasteiger partial charge in [0.1, 0.15) is 18.0 Å². The van der Waals surface area contributed by atoms with E-state index in [0.29, 0.717) is 17.9 Å². The summed E-state index contributed by atoms with van der Waals surface area (Å²) in [7, 11) is 0. The van der Waals surface area contributed by atoms with Gasteiger partial charge in [-0.25, -0.2) is 0 Å². The predicted octanol–water partition coefficient (Wildman–Crippen LogP) is 2.56. The summed E-state index contributed by atoms with van der Waals surface area (Å²) in [5.41, 5.74) is 2.45. The van der Waals surface area contributed by atoms with Gasteiger partial charge in [-0.2, -0.15) is 0 Å². The zero-order valence-electron chi connectivity index (χ0n) is 18.7. The van der Waals surface area contributed by atoms with E-state index in [9.17, 15) is 14.7 Å². The molecule has 33 heavy (non-hydrogen) atoms. The quantitative estimate of drug-likeness (QED) is 0.429. The maximum atomic E-state index is 12.7. The maximum absolute atomic E-state index is 12.7. The number of nitrogens with one attached hydrogen (secondary N) is 1. The molecule has 0 aromatic heterocycles. The van der Waals surface area contributed by atoms with Gasteiger partial charge in [0.15, 0.2) is 0 Å². The zero-order valence-corrected chi connectivity index (χ0v) is 20.9. The third kappa shape index (κ3) is 6.55. The highest BCUT2D eigenvalue weighted by atomic mass is 127. The molecule has 2 amide bonds. The van der Waals surface area contributed by atoms with E-state index in [1.807, 2.05) is 49.4 Å². The lowest BCUT2D eigenvalue weighted by Gasteiger charge is -2.40. The normalized spacial score (nSPS) is 20.0. The molecule has 0 heterocycles. The van der Waals surface area contributed by atoms with Crippen LogP contribution in [-0.2, 0) is 16.1 Å². The van der Waals surface area contributed by atoms with Crippen LogP contribution in [0.2, 0.25) is 0 Å². The zero-order chi connectivity index (χ0) is 24.0. The molecule has 3 atom stereocenters. The minimum Gasteiger partial charge on any atom is -0.482 e. The number of aliphatic hydroxyl groups is 2. The van der Waals surface area contributed by atoms with E-state index in [-0.39, 0.29) is 31.4 Å². The molecule has 3 N–H and O–H groups in total. The van der Waals surface area contributed by atoms with Crippen LogP contribution in [0.5, 0.6) is 5.75 Å². The number of aliphatic hydroxyl groups excluding tert-OH is 2. The Bertz CT molecular complexity index is 1010. The standard InChI is InChI=1S/C25H29IN2O5/c1-16-7-9-18(10-8-16)15-28(17(2)30)21-13-19(25(32)27-11-12-29)14-23(24(21)31)33-22-6-4-3-5-20(22)26/h3-10,14,21,23-24,29,31H,11-13,15H2,1-2H3,(H,27,32). The summed E-state index contributed by atoms with van der Waals surface area (Å²) >= 11 is 2.15. The number of hydrogen-bond acceptors (Lipinski definition) is 5. The second kappa shape index (κ2) is 11.6. The molecule has 176 valence electrons. The molecule has 3 unspecified atom stereocenters. The van der Waals surface area contributed by atoms with E-state index in [1.54, 1.807) is 17.0 Å². The molecule has 0 fully saturated rings. The van der Waals surface area contributed by atoms with Crippen molar-refractivity contribution >= 4 is 34.4 Å². The summed E-state index contributed by atoms with van der Waals surface area (Å²) in [6.45, 7) is 3.69. The number of rotatable bonds is 8. The molecule has 3 rings (SSSR count). The van der Waals surface area contributed by atoms with E-state index in [4.69, 9.17) is 9.84 Å². The summed E-state index contributed by atoms with van der Waals surface area (Å²) in [4.78, 5) is 27.0. The minimum absolute atomic E-state index is 0.116. The van der Waals surface area contributed by atoms with Gasteiger partial charge in [-0.15, -0.1) is 0 Å². The van der Waals surface area contributed by atoms with E-state index >= 15 is 0 Å². The fraction of sp³-hybridized carbons (Fsp3) is 0.360. The summed E-state index contributed by atoms with van der Waals surface area (Å²) < 4.78 is 6.98. The number of nitrogens with zero attached hydrogens (tertiary/aromatic N) is 1. The lowest BCUT2D eigenvalue weighted by Crippen LogP contribution is -2.54. The van der Waals surface area contributed by atoms with Gasteiger partial charge in [-0.1, -0.05) is 42.0 Å². The fourth-order valence-corrected chi connectivity index (χ4v) is 4.33. The molecule has 0 saturated heterocycles. The van der Waals surface area contributed by atoms with Crippen molar-refractivity contribution in [2.24, 2.45) is 0 Å². The maximum Gasteiger partial charge on any atom is 0.247 e. The van der Waals surface area contributed by atoms with Crippen molar-refractivity contribution in [3.05, 3.63) is 74.9 Å². The average molecular weight is 564 g/mol. The lowest BCUT2D eigenvalue weighted by molar-refractivity contribution is -0.137. The SMILES string of the molecule is CC(=O)N(Cc1ccc(C)cc1)C1CC(C(=O)NCCO)=CC(Oc2ccccc2I)C1O. The van der Waals surface area contributed by atoms with Crippen molar-refractivity contribution in [2.75, 3.05) is 13.2 Å². The topological polar surface area (TPSA) is 99.1 Å². The molecular weight excluding hydrogens is 535 g/mol. The van der Waals surface area contributed by atoms with Crippen LogP contribution in [0, 0.1) is 10.5 Å². The fourth-order valence-electron chi connectivity index (χ4n) is 3.82. The van der Waals surface area contributed by atoms with Crippen LogP contribution >= 0.6 is 22.6 Å². The minimum atomic E-state index is -1.04. The van der Waals surface area contributed by atoms with Crippen molar-refractivity contribution in [3.63, 3.8) is 0 Å². The molecule has 8 heteroatoms. The van der Waals surface area contributed by atoms with Gasteiger partial charge in [0.05, 0.1) is 16.2 Å². The van der Waals surface area contributed by atoms with Crippen molar-refractivity contribution in [1.82, 2.24) is 10.2 Å². The summed E-state index contributed by atoms with van der Waals surface area (Å²) in [6, 6.07) is 14.6. The van der Waals surface area contributed by atoms with Crippen LogP contribution < -0.4 is 10.1 Å². The van der Waals surface area contributed by atoms with Gasteiger partial charge in [0.2, 0.25) is 11.8 Å². The van der Waals surface area contributed by atoms with Gasteiger partial charge >= 0.3 is 0 Å². The second-order valence-corrected chi connectivity index (χ2v) is 9.24. The molecular formula is C25H29IN2O5. The number of para-hydroxylation sites is 1. The Balaban J connectivity index is 1.92. The Morgan fingerprint density at radius 1 is 1.18 bits per heavy atom. The van der Waals surface area contributed by atoms with Crippen LogP contribution in [-0.4, -0.2) is 58.3 Å². The van der Waals surface area contributed by atoms with Crippen LogP contribution in [0.3, 0.4) is 0 Å². The van der Waals surface area contributed by atoms with Crippen molar-refractivity contribution < 1.29 is 24.5 Å². The monoisotopic (exact) mass is 564 g/mol. The highest BCUT2D eigenvalue weighted by Crippen LogP contribution is 2.30. The number of amides is 2. The molecule has 1 aliphatic carbocycles. The second-order valence-electron chi connectivity index (χ2n) is 8.08. The molecule has 0 aliphatic heterocycles. The number of carbonyl (C=O) groups excluding carboxylic acids is 2. The Morgan fingerprint density at radius 3 is 2.52 bits per heavy atom. The van der Waals surface area contributed by atoms with E-state index < -0.39 is 18.2 Å². The van der Waals surface area contributed by atoms with E-state index in [0.717, 1.165) is 14.7 Å². The molecule has 0 radical (unpaired) electrons. The van der Waals surface area contributed by atoms with E-state index in [2.05, 4.69) is 27.9 Å². The molecule has 1 aliphatic rings. The first-order valence-corrected chi connectivity index (χ1v) is 11.9. The lowest BCUT2D eigenvalue weighted by atomic mass is 9.88. The van der Waals surface area contributed by atoms with Crippen molar-refractivity contribution in [3.8, 4) is 5.75 Å². The molecule has 2 aromatic carbocycles. The van der Waals surface area contributed by atoms with Gasteiger partial charge in [0.25, 0.3) is 0 Å². The van der Waals surface area contributed by atoms with Crippen LogP contribution in [0.4, 0.5) is 0 Å². The first-order valence-electron chi connectivity index (χ1n) is 10.8. The van der Waals surface area contributed by atoms with Gasteiger partial charge < -0.3 is 25.2 Å². The van der Waals surface area contributed by atoms with Gasteiger partial charge in [0, 0.05) is 32.0 Å². The Hall–Kier alpha value is -2.43. The predicted molar refractivity (Wildman–Crippen MR) is 134 cm³/mol. The summed E-state index contributed by atoms with van der Waals surface area (Å²) in [5.74, 6) is 0.0305. The Morgan fingerprint density at radius 2 is 1.88 bits per heavy atom. The highest BCUT2D eigenvalue weighted by molar-refractivity contribution is 14.1. The number of benzene rings is 2. The third-order valence-corrected chi connectivity index (χ3v) is 6.48. The van der Waals surface area contributed by atoms with Crippen LogP contribution in [0.15, 0.2) is 60.2 Å². The van der Waals surface area contributed by atoms with Crippen LogP contribution in [0.1, 0.15) is 24.5 Å². The first kappa shape index (κ1) is 25.2. The third-order valence-electron chi connectivity index (χ3n) is 5.59. The summed E-state index contributed by atoms with van der Waals surface area (Å²) in [5, 5.41) is 23.0. The number of ether oxygens (including phenoxy) is 1. The average Bonchev–Trinajstić information content (AvgIpc) is 2.79. The Labute approximate surface area is 207 Å². The molecule has 0 saturated carbocycles. The summed E-state index contributed by atoms with van der Waals surface area (Å²) in [6.07, 6.45) is -0.0734.